The molecule has 1 nitrogen and oxygen atoms in total. The van der Waals surface area contributed by atoms with Crippen LogP contribution in [0.25, 0.3) is 6.08 Å². The van der Waals surface area contributed by atoms with E-state index in [0.29, 0.717) is 5.76 Å². The lowest BCUT2D eigenvalue weighted by Gasteiger charge is -2.14. The Morgan fingerprint density at radius 2 is 1.82 bits per heavy atom. The molecule has 0 spiro atoms. The van der Waals surface area contributed by atoms with Gasteiger partial charge in [0.1, 0.15) is 11.5 Å². The van der Waals surface area contributed by atoms with Crippen LogP contribution in [-0.4, -0.2) is 0 Å². The largest absolute Gasteiger partial charge is 0.458 e. The molecule has 0 radical (unpaired) electrons. The number of hydrogen-bond donors (Lipinski definition) is 0. The average molecular weight is 288 g/mol. The van der Waals surface area contributed by atoms with Crippen LogP contribution in [0.3, 0.4) is 0 Å². The molecule has 2 aromatic carbocycles. The zero-order valence-corrected chi connectivity index (χ0v) is 12.9. The van der Waals surface area contributed by atoms with Crippen molar-refractivity contribution in [3.05, 3.63) is 95.3 Å². The third-order valence-electron chi connectivity index (χ3n) is 3.90. The van der Waals surface area contributed by atoms with Gasteiger partial charge in [0.05, 0.1) is 0 Å². The van der Waals surface area contributed by atoms with Gasteiger partial charge in [0.25, 0.3) is 0 Å². The van der Waals surface area contributed by atoms with Crippen molar-refractivity contribution in [2.75, 3.05) is 0 Å². The molecule has 0 saturated heterocycles. The second kappa shape index (κ2) is 6.48. The van der Waals surface area contributed by atoms with Crippen LogP contribution in [-0.2, 0) is 6.42 Å². The van der Waals surface area contributed by atoms with Crippen molar-refractivity contribution in [3.63, 3.8) is 0 Å². The van der Waals surface area contributed by atoms with E-state index in [2.05, 4.69) is 43.0 Å². The molecule has 0 atom stereocenters. The first-order chi connectivity index (χ1) is 10.7. The summed E-state index contributed by atoms with van der Waals surface area (Å²) in [7, 11) is 0. The highest BCUT2D eigenvalue weighted by molar-refractivity contribution is 5.62. The second-order valence-corrected chi connectivity index (χ2v) is 5.59. The van der Waals surface area contributed by atoms with E-state index in [-0.39, 0.29) is 0 Å². The zero-order valence-electron chi connectivity index (χ0n) is 12.9. The predicted octanol–water partition coefficient (Wildman–Crippen LogP) is 5.47. The van der Waals surface area contributed by atoms with Gasteiger partial charge in [0, 0.05) is 0 Å². The first-order valence-corrected chi connectivity index (χ1v) is 7.61. The molecule has 1 aliphatic rings. The summed E-state index contributed by atoms with van der Waals surface area (Å²) in [5, 5.41) is 0. The monoisotopic (exact) mass is 288 g/mol. The van der Waals surface area contributed by atoms with Crippen molar-refractivity contribution >= 4 is 6.08 Å². The summed E-state index contributed by atoms with van der Waals surface area (Å²) in [6, 6.07) is 16.5. The summed E-state index contributed by atoms with van der Waals surface area (Å²) in [5.41, 5.74) is 5.17. The Balaban J connectivity index is 1.69. The maximum Gasteiger partial charge on any atom is 0.130 e. The fraction of sp³-hybridized carbons (Fsp3) is 0.143. The number of benzene rings is 2. The molecule has 22 heavy (non-hydrogen) atoms. The van der Waals surface area contributed by atoms with Gasteiger partial charge in [-0.05, 0) is 54.2 Å². The van der Waals surface area contributed by atoms with Gasteiger partial charge in [-0.2, -0.15) is 0 Å². The fourth-order valence-corrected chi connectivity index (χ4v) is 2.63. The van der Waals surface area contributed by atoms with E-state index in [1.807, 2.05) is 37.3 Å². The molecule has 2 aromatic rings. The number of hydrogen-bond acceptors (Lipinski definition) is 1. The summed E-state index contributed by atoms with van der Waals surface area (Å²) in [6.45, 7) is 6.02. The van der Waals surface area contributed by atoms with Crippen LogP contribution in [0.15, 0.2) is 78.6 Å². The number of para-hydroxylation sites is 1. The minimum Gasteiger partial charge on any atom is -0.458 e. The number of aryl methyl sites for hydroxylation is 2. The quantitative estimate of drug-likeness (QED) is 0.535. The van der Waals surface area contributed by atoms with Crippen molar-refractivity contribution in [2.45, 2.75) is 19.8 Å². The number of fused-ring (bicyclic) bond motifs is 1. The smallest absolute Gasteiger partial charge is 0.130 e. The maximum atomic E-state index is 5.80. The van der Waals surface area contributed by atoms with Crippen LogP contribution in [0, 0.1) is 6.92 Å². The summed E-state index contributed by atoms with van der Waals surface area (Å²) >= 11 is 0. The molecule has 0 unspecified atom stereocenters. The SMILES string of the molecule is C=C(/C=C/C1=Cc2ccccc2CC1)Oc1ccccc1C. The molecule has 110 valence electrons. The highest BCUT2D eigenvalue weighted by Crippen LogP contribution is 2.25. The highest BCUT2D eigenvalue weighted by atomic mass is 16.5. The van der Waals surface area contributed by atoms with E-state index < -0.39 is 0 Å². The first kappa shape index (κ1) is 14.4. The van der Waals surface area contributed by atoms with E-state index in [4.69, 9.17) is 4.74 Å². The molecule has 0 amide bonds. The van der Waals surface area contributed by atoms with Gasteiger partial charge < -0.3 is 4.74 Å². The predicted molar refractivity (Wildman–Crippen MR) is 92.8 cm³/mol. The van der Waals surface area contributed by atoms with Crippen molar-refractivity contribution < 1.29 is 4.74 Å². The van der Waals surface area contributed by atoms with E-state index in [0.717, 1.165) is 24.2 Å². The lowest BCUT2D eigenvalue weighted by atomic mass is 9.92. The van der Waals surface area contributed by atoms with Gasteiger partial charge in [-0.15, -0.1) is 0 Å². The molecule has 1 aliphatic carbocycles. The lowest BCUT2D eigenvalue weighted by molar-refractivity contribution is 0.443. The molecule has 0 fully saturated rings. The van der Waals surface area contributed by atoms with Crippen molar-refractivity contribution in [3.8, 4) is 5.75 Å². The van der Waals surface area contributed by atoms with Gasteiger partial charge in [-0.3, -0.25) is 0 Å². The van der Waals surface area contributed by atoms with Crippen LogP contribution in [0.5, 0.6) is 5.75 Å². The minimum absolute atomic E-state index is 0.661. The van der Waals surface area contributed by atoms with Gasteiger partial charge in [-0.25, -0.2) is 0 Å². The standard InChI is InChI=1S/C21H20O/c1-16-7-3-6-10-21(16)22-17(2)11-12-18-13-14-19-8-4-5-9-20(19)15-18/h3-12,15H,2,13-14H2,1H3/b12-11+. The number of rotatable bonds is 4. The summed E-state index contributed by atoms with van der Waals surface area (Å²) in [5.74, 6) is 1.52. The minimum atomic E-state index is 0.661. The molecule has 0 bridgehead atoms. The molecule has 0 heterocycles. The maximum absolute atomic E-state index is 5.80. The van der Waals surface area contributed by atoms with Crippen LogP contribution in [0.2, 0.25) is 0 Å². The number of ether oxygens (including phenoxy) is 1. The van der Waals surface area contributed by atoms with E-state index >= 15 is 0 Å². The molecule has 0 N–H and O–H groups in total. The lowest BCUT2D eigenvalue weighted by Crippen LogP contribution is -1.98. The Morgan fingerprint density at radius 3 is 2.68 bits per heavy atom. The Labute approximate surface area is 132 Å². The first-order valence-electron chi connectivity index (χ1n) is 7.61. The topological polar surface area (TPSA) is 9.23 Å². The molecule has 0 saturated carbocycles. The number of allylic oxidation sites excluding steroid dienone is 3. The van der Waals surface area contributed by atoms with Crippen molar-refractivity contribution in [1.29, 1.82) is 0 Å². The normalized spacial score (nSPS) is 13.6. The van der Waals surface area contributed by atoms with Crippen LogP contribution < -0.4 is 4.74 Å². The highest BCUT2D eigenvalue weighted by Gasteiger charge is 2.07. The van der Waals surface area contributed by atoms with Crippen molar-refractivity contribution in [1.82, 2.24) is 0 Å². The Morgan fingerprint density at radius 1 is 1.05 bits per heavy atom. The summed E-state index contributed by atoms with van der Waals surface area (Å²) in [6.07, 6.45) is 8.46. The second-order valence-electron chi connectivity index (χ2n) is 5.59. The van der Waals surface area contributed by atoms with Gasteiger partial charge in [0.15, 0.2) is 0 Å². The third kappa shape index (κ3) is 3.37. The Kier molecular flexibility index (Phi) is 4.24. The summed E-state index contributed by atoms with van der Waals surface area (Å²) in [4.78, 5) is 0. The van der Waals surface area contributed by atoms with E-state index in [1.54, 1.807) is 0 Å². The van der Waals surface area contributed by atoms with Gasteiger partial charge in [-0.1, -0.05) is 61.2 Å². The molecule has 1 heteroatoms. The average Bonchev–Trinajstić information content (AvgIpc) is 2.55. The zero-order chi connectivity index (χ0) is 15.4. The fourth-order valence-electron chi connectivity index (χ4n) is 2.63. The third-order valence-corrected chi connectivity index (χ3v) is 3.90. The molecular weight excluding hydrogens is 268 g/mol. The van der Waals surface area contributed by atoms with Crippen LogP contribution >= 0.6 is 0 Å². The Bertz CT molecular complexity index is 750. The van der Waals surface area contributed by atoms with Crippen LogP contribution in [0.1, 0.15) is 23.1 Å². The molecule has 3 rings (SSSR count). The van der Waals surface area contributed by atoms with E-state index in [9.17, 15) is 0 Å². The Hall–Kier alpha value is -2.54. The van der Waals surface area contributed by atoms with Gasteiger partial charge >= 0.3 is 0 Å². The molecule has 0 aliphatic heterocycles. The van der Waals surface area contributed by atoms with Crippen LogP contribution in [0.4, 0.5) is 0 Å². The van der Waals surface area contributed by atoms with E-state index in [1.165, 1.54) is 16.7 Å². The molecular formula is C21H20O. The summed E-state index contributed by atoms with van der Waals surface area (Å²) < 4.78 is 5.80. The van der Waals surface area contributed by atoms with Crippen molar-refractivity contribution in [2.24, 2.45) is 0 Å². The van der Waals surface area contributed by atoms with Gasteiger partial charge in [0.2, 0.25) is 0 Å². The molecule has 0 aromatic heterocycles.